The number of carbonyl (C=O) groups is 1. The molecule has 5 unspecified atom stereocenters. The molecule has 2 aromatic rings. The Kier molecular flexibility index (Phi) is 9.31. The van der Waals surface area contributed by atoms with E-state index < -0.39 is 10.0 Å². The second kappa shape index (κ2) is 12.8. The van der Waals surface area contributed by atoms with Crippen molar-refractivity contribution < 1.29 is 17.9 Å². The molecule has 4 saturated carbocycles. The molecule has 0 saturated heterocycles. The molecule has 0 amide bonds. The third-order valence-electron chi connectivity index (χ3n) is 13.0. The van der Waals surface area contributed by atoms with Crippen LogP contribution in [0.3, 0.4) is 0 Å². The molecular weight excluding hydrogens is 602 g/mol. The monoisotopic (exact) mass is 651 g/mol. The molecule has 2 aromatic carbocycles. The Morgan fingerprint density at radius 1 is 0.978 bits per heavy atom. The third-order valence-corrected chi connectivity index (χ3v) is 14.7. The van der Waals surface area contributed by atoms with E-state index in [1.165, 1.54) is 69.7 Å². The summed E-state index contributed by atoms with van der Waals surface area (Å²) in [5, 5.41) is 0.130. The first kappa shape index (κ1) is 32.7. The molecule has 244 valence electrons. The van der Waals surface area contributed by atoms with E-state index in [0.717, 1.165) is 48.9 Å². The van der Waals surface area contributed by atoms with Gasteiger partial charge in [0.2, 0.25) is 0 Å². The zero-order valence-electron chi connectivity index (χ0n) is 27.4. The first-order valence-corrected chi connectivity index (χ1v) is 19.1. The first-order valence-electron chi connectivity index (χ1n) is 17.3. The van der Waals surface area contributed by atoms with Gasteiger partial charge in [0.05, 0.1) is 10.6 Å². The lowest BCUT2D eigenvalue weighted by molar-refractivity contribution is -0.130. The Balaban J connectivity index is 1.06. The number of hydrogen-bond donors (Lipinski definition) is 0. The van der Waals surface area contributed by atoms with Crippen LogP contribution in [-0.4, -0.2) is 26.7 Å². The van der Waals surface area contributed by atoms with Crippen molar-refractivity contribution in [1.29, 1.82) is 0 Å². The Labute approximate surface area is 275 Å². The van der Waals surface area contributed by atoms with Crippen LogP contribution in [0.4, 0.5) is 0 Å². The molecule has 0 heterocycles. The van der Waals surface area contributed by atoms with Crippen molar-refractivity contribution in [3.8, 4) is 0 Å². The van der Waals surface area contributed by atoms with Gasteiger partial charge in [-0.2, -0.15) is 12.8 Å². The number of benzene rings is 2. The van der Waals surface area contributed by atoms with Gasteiger partial charge >= 0.3 is 5.97 Å². The number of hydrogen-bond acceptors (Lipinski definition) is 4. The van der Waals surface area contributed by atoms with Crippen molar-refractivity contribution >= 4 is 33.8 Å². The highest BCUT2D eigenvalue weighted by molar-refractivity contribution is 7.90. The Bertz CT molecular complexity index is 1520. The van der Waals surface area contributed by atoms with Crippen LogP contribution in [0.15, 0.2) is 57.8 Å². The normalized spacial score (nSPS) is 35.3. The molecular formula is C38H50ClNO4S. The fourth-order valence-corrected chi connectivity index (χ4v) is 12.1. The molecule has 5 nitrogen and oxygen atoms in total. The van der Waals surface area contributed by atoms with Crippen molar-refractivity contribution in [2.24, 2.45) is 50.7 Å². The summed E-state index contributed by atoms with van der Waals surface area (Å²) in [6.07, 6.45) is 15.2. The van der Waals surface area contributed by atoms with Crippen LogP contribution in [-0.2, 0) is 14.8 Å². The van der Waals surface area contributed by atoms with Gasteiger partial charge in [-0.15, -0.1) is 0 Å². The van der Waals surface area contributed by atoms with Crippen LogP contribution in [0.5, 0.6) is 0 Å². The predicted octanol–water partition coefficient (Wildman–Crippen LogP) is 9.77. The smallest absolute Gasteiger partial charge is 0.338 e. The van der Waals surface area contributed by atoms with Gasteiger partial charge in [0, 0.05) is 6.21 Å². The first-order chi connectivity index (χ1) is 21.5. The van der Waals surface area contributed by atoms with Crippen LogP contribution in [0.2, 0.25) is 5.02 Å². The predicted molar refractivity (Wildman–Crippen MR) is 181 cm³/mol. The number of rotatable bonds is 8. The number of ether oxygens (including phenoxy) is 1. The molecule has 4 aliphatic carbocycles. The summed E-state index contributed by atoms with van der Waals surface area (Å²) in [5.41, 5.74) is 1.92. The summed E-state index contributed by atoms with van der Waals surface area (Å²) in [6.45, 7) is 10.1. The van der Waals surface area contributed by atoms with Crippen LogP contribution in [0.25, 0.3) is 0 Å². The lowest BCUT2D eigenvalue weighted by Crippen LogP contribution is -2.54. The van der Waals surface area contributed by atoms with E-state index in [9.17, 15) is 13.2 Å². The molecule has 4 fully saturated rings. The van der Waals surface area contributed by atoms with Gasteiger partial charge in [0.15, 0.2) is 0 Å². The number of nitrogens with zero attached hydrogens (tertiary/aromatic N) is 1. The number of halogens is 1. The minimum absolute atomic E-state index is 0.0358. The summed E-state index contributed by atoms with van der Waals surface area (Å²) in [6, 6.07) is 13.0. The van der Waals surface area contributed by atoms with Gasteiger partial charge in [-0.05, 0) is 134 Å². The number of sulfonamides is 1. The van der Waals surface area contributed by atoms with E-state index in [-0.39, 0.29) is 22.0 Å². The lowest BCUT2D eigenvalue weighted by atomic mass is 9.44. The second-order valence-electron chi connectivity index (χ2n) is 15.2. The molecule has 7 heteroatoms. The average Bonchev–Trinajstić information content (AvgIpc) is 3.38. The SMILES string of the molecule is CCC[C@@H](C)[C@H]1CCC2C3CCC4CC(OC(=O)c5ccc(C=NS(=O)(=O)c6ccccc6Cl)cc5)CC[C@]4(C)C3CC[C@@]21C. The fourth-order valence-electron chi connectivity index (χ4n) is 10.7. The molecule has 0 spiro atoms. The van der Waals surface area contributed by atoms with Crippen LogP contribution < -0.4 is 0 Å². The zero-order valence-corrected chi connectivity index (χ0v) is 29.0. The van der Waals surface area contributed by atoms with E-state index in [1.807, 2.05) is 0 Å². The Hall–Kier alpha value is -2.18. The van der Waals surface area contributed by atoms with E-state index >= 15 is 0 Å². The quantitative estimate of drug-likeness (QED) is 0.210. The van der Waals surface area contributed by atoms with E-state index in [4.69, 9.17) is 16.3 Å². The van der Waals surface area contributed by atoms with E-state index in [1.54, 1.807) is 36.4 Å². The van der Waals surface area contributed by atoms with Gasteiger partial charge < -0.3 is 4.74 Å². The van der Waals surface area contributed by atoms with Crippen LogP contribution in [0.1, 0.15) is 114 Å². The number of carbonyl (C=O) groups excluding carboxylic acids is 1. The zero-order chi connectivity index (χ0) is 32.0. The van der Waals surface area contributed by atoms with Crippen LogP contribution in [0, 0.1) is 46.3 Å². The van der Waals surface area contributed by atoms with Gasteiger partial charge in [-0.25, -0.2) is 4.79 Å². The average molecular weight is 652 g/mol. The van der Waals surface area contributed by atoms with Crippen molar-refractivity contribution in [1.82, 2.24) is 0 Å². The lowest BCUT2D eigenvalue weighted by Gasteiger charge is -2.61. The molecule has 0 radical (unpaired) electrons. The van der Waals surface area contributed by atoms with Gasteiger partial charge in [0.25, 0.3) is 10.0 Å². The highest BCUT2D eigenvalue weighted by Crippen LogP contribution is 2.68. The third kappa shape index (κ3) is 6.15. The van der Waals surface area contributed by atoms with E-state index in [2.05, 4.69) is 32.1 Å². The summed E-state index contributed by atoms with van der Waals surface area (Å²) < 4.78 is 35.1. The standard InChI is InChI=1S/C38H50ClNO4S/c1-5-8-25(2)31-17-18-32-30-16-15-28-23-29(19-21-37(28,3)33(30)20-22-38(31,32)4)44-36(41)27-13-11-26(12-14-27)24-40-45(42,43)35-10-7-6-9-34(35)39/h6-7,9-14,24-25,28-33H,5,8,15-23H2,1-4H3/t25-,28?,29?,30?,31-,32?,33?,37+,38-/m1/s1. The summed E-state index contributed by atoms with van der Waals surface area (Å²) in [4.78, 5) is 13.1. The molecule has 6 rings (SSSR count). The molecule has 0 bridgehead atoms. The minimum atomic E-state index is -3.93. The maximum atomic E-state index is 13.2. The van der Waals surface area contributed by atoms with Gasteiger partial charge in [0.1, 0.15) is 11.0 Å². The summed E-state index contributed by atoms with van der Waals surface area (Å²) in [7, 11) is -3.93. The summed E-state index contributed by atoms with van der Waals surface area (Å²) >= 11 is 6.04. The highest BCUT2D eigenvalue weighted by atomic mass is 35.5. The van der Waals surface area contributed by atoms with Gasteiger partial charge in [-0.3, -0.25) is 0 Å². The molecule has 45 heavy (non-hydrogen) atoms. The van der Waals surface area contributed by atoms with Gasteiger partial charge in [-0.1, -0.05) is 76.4 Å². The Morgan fingerprint density at radius 3 is 2.42 bits per heavy atom. The van der Waals surface area contributed by atoms with Crippen LogP contribution >= 0.6 is 11.6 Å². The second-order valence-corrected chi connectivity index (χ2v) is 17.2. The van der Waals surface area contributed by atoms with Crippen molar-refractivity contribution in [3.63, 3.8) is 0 Å². The van der Waals surface area contributed by atoms with Crippen molar-refractivity contribution in [3.05, 3.63) is 64.7 Å². The molecule has 0 N–H and O–H groups in total. The largest absolute Gasteiger partial charge is 0.459 e. The van der Waals surface area contributed by atoms with Crippen molar-refractivity contribution in [2.45, 2.75) is 109 Å². The molecule has 9 atom stereocenters. The maximum absolute atomic E-state index is 13.2. The molecule has 0 aliphatic heterocycles. The topological polar surface area (TPSA) is 72.8 Å². The Morgan fingerprint density at radius 2 is 1.69 bits per heavy atom. The van der Waals surface area contributed by atoms with Crippen molar-refractivity contribution in [2.75, 3.05) is 0 Å². The molecule has 4 aliphatic rings. The minimum Gasteiger partial charge on any atom is -0.459 e. The molecule has 0 aromatic heterocycles. The number of esters is 1. The fraction of sp³-hybridized carbons (Fsp3) is 0.632. The summed E-state index contributed by atoms with van der Waals surface area (Å²) in [5.74, 6) is 4.61. The maximum Gasteiger partial charge on any atom is 0.338 e. The number of fused-ring (bicyclic) bond motifs is 5. The van der Waals surface area contributed by atoms with E-state index in [0.29, 0.717) is 27.9 Å². The highest BCUT2D eigenvalue weighted by Gasteiger charge is 2.60.